The minimum Gasteiger partial charge on any atom is -0.374 e. The van der Waals surface area contributed by atoms with E-state index < -0.39 is 0 Å². The van der Waals surface area contributed by atoms with Crippen molar-refractivity contribution in [3.63, 3.8) is 0 Å². The summed E-state index contributed by atoms with van der Waals surface area (Å²) < 4.78 is 5.83. The van der Waals surface area contributed by atoms with Crippen LogP contribution in [0.4, 0.5) is 0 Å². The van der Waals surface area contributed by atoms with E-state index in [0.717, 1.165) is 45.5 Å². The Morgan fingerprint density at radius 2 is 2.05 bits per heavy atom. The molecule has 3 fully saturated rings. The molecule has 1 unspecified atom stereocenters. The molecule has 1 saturated carbocycles. The first kappa shape index (κ1) is 14.3. The summed E-state index contributed by atoms with van der Waals surface area (Å²) >= 11 is 0. The zero-order valence-corrected chi connectivity index (χ0v) is 12.9. The fraction of sp³-hybridized carbons (Fsp3) is 0.938. The van der Waals surface area contributed by atoms with Gasteiger partial charge in [0.15, 0.2) is 0 Å². The van der Waals surface area contributed by atoms with Crippen LogP contribution in [0, 0.1) is 5.92 Å². The fourth-order valence-corrected chi connectivity index (χ4v) is 4.18. The van der Waals surface area contributed by atoms with Crippen LogP contribution in [0.5, 0.6) is 0 Å². The highest BCUT2D eigenvalue weighted by atomic mass is 16.5. The van der Waals surface area contributed by atoms with Crippen molar-refractivity contribution in [2.24, 2.45) is 5.92 Å². The summed E-state index contributed by atoms with van der Waals surface area (Å²) in [5.74, 6) is 1.01. The van der Waals surface area contributed by atoms with E-state index >= 15 is 0 Å². The van der Waals surface area contributed by atoms with E-state index in [9.17, 15) is 4.79 Å². The molecule has 1 amide bonds. The third-order valence-corrected chi connectivity index (χ3v) is 5.01. The molecule has 114 valence electrons. The van der Waals surface area contributed by atoms with E-state index in [4.69, 9.17) is 4.74 Å². The zero-order valence-electron chi connectivity index (χ0n) is 12.9. The molecule has 3 aliphatic rings. The summed E-state index contributed by atoms with van der Waals surface area (Å²) in [6, 6.07) is 0.495. The van der Waals surface area contributed by atoms with Gasteiger partial charge >= 0.3 is 0 Å². The number of carbonyl (C=O) groups is 1. The van der Waals surface area contributed by atoms with Gasteiger partial charge in [-0.25, -0.2) is 0 Å². The maximum absolute atomic E-state index is 13.0. The molecule has 0 aromatic rings. The number of hydrogen-bond acceptors (Lipinski definition) is 3. The van der Waals surface area contributed by atoms with Gasteiger partial charge < -0.3 is 9.64 Å². The minimum absolute atomic E-state index is 0.136. The summed E-state index contributed by atoms with van der Waals surface area (Å²) in [5, 5.41) is 0. The molecule has 2 aliphatic heterocycles. The molecule has 4 nitrogen and oxygen atoms in total. The Kier molecular flexibility index (Phi) is 4.32. The van der Waals surface area contributed by atoms with Crippen LogP contribution in [-0.4, -0.2) is 60.1 Å². The molecule has 0 N–H and O–H groups in total. The number of rotatable bonds is 3. The van der Waals surface area contributed by atoms with E-state index in [2.05, 4.69) is 23.6 Å². The predicted octanol–water partition coefficient (Wildman–Crippen LogP) is 1.89. The first-order chi connectivity index (χ1) is 9.66. The summed E-state index contributed by atoms with van der Waals surface area (Å²) in [5.41, 5.74) is 0. The van der Waals surface area contributed by atoms with Crippen molar-refractivity contribution in [1.29, 1.82) is 0 Å². The van der Waals surface area contributed by atoms with Crippen molar-refractivity contribution in [1.82, 2.24) is 9.80 Å². The molecule has 2 saturated heterocycles. The number of fused-ring (bicyclic) bond motifs is 1. The largest absolute Gasteiger partial charge is 0.374 e. The van der Waals surface area contributed by atoms with E-state index in [-0.39, 0.29) is 6.04 Å². The van der Waals surface area contributed by atoms with Crippen LogP contribution in [-0.2, 0) is 9.53 Å². The average Bonchev–Trinajstić information content (AvgIpc) is 3.05. The molecule has 4 heteroatoms. The lowest BCUT2D eigenvalue weighted by Crippen LogP contribution is -2.56. The van der Waals surface area contributed by atoms with E-state index in [1.165, 1.54) is 12.8 Å². The summed E-state index contributed by atoms with van der Waals surface area (Å²) in [7, 11) is 0. The summed E-state index contributed by atoms with van der Waals surface area (Å²) in [6.45, 7) is 8.14. The molecule has 3 atom stereocenters. The minimum atomic E-state index is 0.136. The van der Waals surface area contributed by atoms with Gasteiger partial charge in [-0.3, -0.25) is 9.69 Å². The second-order valence-electron chi connectivity index (χ2n) is 6.99. The van der Waals surface area contributed by atoms with Crippen LogP contribution < -0.4 is 0 Å². The second kappa shape index (κ2) is 6.02. The van der Waals surface area contributed by atoms with E-state index in [1.807, 2.05) is 0 Å². The van der Waals surface area contributed by atoms with Gasteiger partial charge in [0.25, 0.3) is 0 Å². The maximum atomic E-state index is 13.0. The molecule has 1 aliphatic carbocycles. The molecular formula is C16H28N2O2. The lowest BCUT2D eigenvalue weighted by molar-refractivity contribution is -0.148. The number of carbonyl (C=O) groups excluding carboxylic acids is 1. The third kappa shape index (κ3) is 2.73. The molecule has 0 aromatic carbocycles. The normalized spacial score (nSPS) is 34.8. The third-order valence-electron chi connectivity index (χ3n) is 5.01. The number of nitrogens with zero attached hydrogens (tertiary/aromatic N) is 2. The predicted molar refractivity (Wildman–Crippen MR) is 78.5 cm³/mol. The molecule has 3 rings (SSSR count). The SMILES string of the molecule is CC(C)CN1CCCC1C(=O)N1CCO[C@H]2CCC[C@H]21. The second-order valence-corrected chi connectivity index (χ2v) is 6.99. The number of amides is 1. The smallest absolute Gasteiger partial charge is 0.240 e. The van der Waals surface area contributed by atoms with Gasteiger partial charge in [0, 0.05) is 13.1 Å². The number of morpholine rings is 1. The monoisotopic (exact) mass is 280 g/mol. The Labute approximate surface area is 122 Å². The topological polar surface area (TPSA) is 32.8 Å². The lowest BCUT2D eigenvalue weighted by Gasteiger charge is -2.40. The molecule has 0 bridgehead atoms. The number of hydrogen-bond donors (Lipinski definition) is 0. The van der Waals surface area contributed by atoms with Crippen LogP contribution in [0.2, 0.25) is 0 Å². The Bertz CT molecular complexity index is 358. The maximum Gasteiger partial charge on any atom is 0.240 e. The number of likely N-dealkylation sites (tertiary alicyclic amines) is 1. The summed E-state index contributed by atoms with van der Waals surface area (Å²) in [6.07, 6.45) is 6.00. The first-order valence-electron chi connectivity index (χ1n) is 8.33. The quantitative estimate of drug-likeness (QED) is 0.791. The van der Waals surface area contributed by atoms with Crippen LogP contribution in [0.3, 0.4) is 0 Å². The van der Waals surface area contributed by atoms with Crippen molar-refractivity contribution in [3.8, 4) is 0 Å². The van der Waals surface area contributed by atoms with Crippen molar-refractivity contribution >= 4 is 5.91 Å². The van der Waals surface area contributed by atoms with Crippen LogP contribution in [0.15, 0.2) is 0 Å². The number of ether oxygens (including phenoxy) is 1. The van der Waals surface area contributed by atoms with Gasteiger partial charge in [0.05, 0.1) is 24.8 Å². The molecule has 0 aromatic heterocycles. The van der Waals surface area contributed by atoms with E-state index in [1.54, 1.807) is 0 Å². The fourth-order valence-electron chi connectivity index (χ4n) is 4.18. The van der Waals surface area contributed by atoms with Gasteiger partial charge in [-0.2, -0.15) is 0 Å². The van der Waals surface area contributed by atoms with Gasteiger partial charge in [-0.05, 0) is 44.6 Å². The molecule has 2 heterocycles. The highest BCUT2D eigenvalue weighted by molar-refractivity contribution is 5.82. The first-order valence-corrected chi connectivity index (χ1v) is 8.33. The van der Waals surface area contributed by atoms with Gasteiger partial charge in [-0.15, -0.1) is 0 Å². The van der Waals surface area contributed by atoms with Crippen LogP contribution in [0.25, 0.3) is 0 Å². The standard InChI is InChI=1S/C16H28N2O2/c1-12(2)11-17-8-4-6-14(17)16(19)18-9-10-20-15-7-3-5-13(15)18/h12-15H,3-11H2,1-2H3/t13-,14?,15+/m1/s1. The Morgan fingerprint density at radius 3 is 2.85 bits per heavy atom. The van der Waals surface area contributed by atoms with Crippen molar-refractivity contribution in [3.05, 3.63) is 0 Å². The van der Waals surface area contributed by atoms with Gasteiger partial charge in [0.1, 0.15) is 0 Å². The van der Waals surface area contributed by atoms with Crippen molar-refractivity contribution in [2.45, 2.75) is 64.1 Å². The van der Waals surface area contributed by atoms with Crippen LogP contribution in [0.1, 0.15) is 46.0 Å². The Hall–Kier alpha value is -0.610. The highest BCUT2D eigenvalue weighted by Crippen LogP contribution is 2.31. The van der Waals surface area contributed by atoms with Crippen LogP contribution >= 0.6 is 0 Å². The Balaban J connectivity index is 1.67. The highest BCUT2D eigenvalue weighted by Gasteiger charge is 2.42. The average molecular weight is 280 g/mol. The van der Waals surface area contributed by atoms with Gasteiger partial charge in [-0.1, -0.05) is 13.8 Å². The lowest BCUT2D eigenvalue weighted by atomic mass is 10.1. The van der Waals surface area contributed by atoms with Gasteiger partial charge in [0.2, 0.25) is 5.91 Å². The molecule has 20 heavy (non-hydrogen) atoms. The zero-order chi connectivity index (χ0) is 14.1. The molecular weight excluding hydrogens is 252 g/mol. The Morgan fingerprint density at radius 1 is 1.20 bits per heavy atom. The van der Waals surface area contributed by atoms with E-state index in [0.29, 0.717) is 24.0 Å². The molecule has 0 radical (unpaired) electrons. The molecule has 0 spiro atoms. The summed E-state index contributed by atoms with van der Waals surface area (Å²) in [4.78, 5) is 17.5. The van der Waals surface area contributed by atoms with Crippen molar-refractivity contribution in [2.75, 3.05) is 26.2 Å². The van der Waals surface area contributed by atoms with Crippen molar-refractivity contribution < 1.29 is 9.53 Å².